The Balaban J connectivity index is 2.00. The van der Waals surface area contributed by atoms with E-state index < -0.39 is 17.4 Å². The summed E-state index contributed by atoms with van der Waals surface area (Å²) in [5.74, 6) is -2.62. The average molecular weight is 344 g/mol. The first-order valence-electron chi connectivity index (χ1n) is 8.14. The third-order valence-corrected chi connectivity index (χ3v) is 4.83. The smallest absolute Gasteiger partial charge is 0.327 e. The van der Waals surface area contributed by atoms with Crippen molar-refractivity contribution >= 4 is 17.8 Å². The van der Waals surface area contributed by atoms with Crippen molar-refractivity contribution in [3.05, 3.63) is 42.1 Å². The number of rotatable bonds is 6. The SMILES string of the molecule is Nc1ccc(CC(C(=O)O)(C(=O)O)c2cn(C3CCCC3)cn2)cn1. The number of hydrogen-bond donors (Lipinski definition) is 3. The molecule has 2 heterocycles. The molecule has 1 aliphatic carbocycles. The molecule has 0 atom stereocenters. The number of nitrogens with two attached hydrogens (primary N) is 1. The molecule has 1 saturated carbocycles. The van der Waals surface area contributed by atoms with Crippen molar-refractivity contribution in [3.8, 4) is 0 Å². The zero-order chi connectivity index (χ0) is 18.0. The third kappa shape index (κ3) is 3.07. The maximum Gasteiger partial charge on any atom is 0.327 e. The molecule has 8 heteroatoms. The fourth-order valence-electron chi connectivity index (χ4n) is 3.36. The summed E-state index contributed by atoms with van der Waals surface area (Å²) in [4.78, 5) is 32.0. The molecule has 8 nitrogen and oxygen atoms in total. The van der Waals surface area contributed by atoms with Gasteiger partial charge < -0.3 is 20.5 Å². The van der Waals surface area contributed by atoms with Gasteiger partial charge in [0.15, 0.2) is 0 Å². The molecule has 0 unspecified atom stereocenters. The molecule has 1 fully saturated rings. The summed E-state index contributed by atoms with van der Waals surface area (Å²) < 4.78 is 1.84. The highest BCUT2D eigenvalue weighted by Gasteiger charge is 2.50. The predicted molar refractivity (Wildman–Crippen MR) is 89.0 cm³/mol. The summed E-state index contributed by atoms with van der Waals surface area (Å²) in [6.07, 6.45) is 8.43. The van der Waals surface area contributed by atoms with Gasteiger partial charge in [0.25, 0.3) is 0 Å². The van der Waals surface area contributed by atoms with E-state index in [0.717, 1.165) is 25.7 Å². The quantitative estimate of drug-likeness (QED) is 0.678. The van der Waals surface area contributed by atoms with Crippen LogP contribution in [0.2, 0.25) is 0 Å². The Bertz CT molecular complexity index is 764. The standard InChI is InChI=1S/C17H20N4O4/c18-14-6-5-11(8-19-14)7-17(15(22)23,16(24)25)13-9-21(10-20-13)12-3-1-2-4-12/h5-6,8-10,12H,1-4,7H2,(H2,18,19)(H,22,23)(H,24,25). The van der Waals surface area contributed by atoms with Crippen molar-refractivity contribution in [2.75, 3.05) is 5.73 Å². The number of imidazole rings is 1. The second-order valence-electron chi connectivity index (χ2n) is 6.43. The van der Waals surface area contributed by atoms with Gasteiger partial charge in [-0.1, -0.05) is 18.9 Å². The number of aliphatic carboxylic acids is 2. The number of pyridine rings is 1. The molecule has 0 radical (unpaired) electrons. The van der Waals surface area contributed by atoms with Gasteiger partial charge in [0.1, 0.15) is 5.82 Å². The summed E-state index contributed by atoms with van der Waals surface area (Å²) in [5, 5.41) is 19.5. The van der Waals surface area contributed by atoms with Crippen LogP contribution in [0.15, 0.2) is 30.9 Å². The highest BCUT2D eigenvalue weighted by atomic mass is 16.4. The summed E-state index contributed by atoms with van der Waals surface area (Å²) >= 11 is 0. The van der Waals surface area contributed by atoms with Gasteiger partial charge in [0.05, 0.1) is 12.0 Å². The Labute approximate surface area is 144 Å². The Kier molecular flexibility index (Phi) is 4.43. The fraction of sp³-hybridized carbons (Fsp3) is 0.412. The average Bonchev–Trinajstić information content (AvgIpc) is 3.25. The van der Waals surface area contributed by atoms with E-state index in [1.807, 2.05) is 4.57 Å². The van der Waals surface area contributed by atoms with Gasteiger partial charge >= 0.3 is 11.9 Å². The molecule has 1 aliphatic rings. The van der Waals surface area contributed by atoms with Gasteiger partial charge in [-0.25, -0.2) is 9.97 Å². The minimum atomic E-state index is -2.17. The zero-order valence-electron chi connectivity index (χ0n) is 13.6. The maximum absolute atomic E-state index is 12.0. The number of carboxylic acid groups (broad SMARTS) is 2. The minimum absolute atomic E-state index is 0.0243. The maximum atomic E-state index is 12.0. The fourth-order valence-corrected chi connectivity index (χ4v) is 3.36. The topological polar surface area (TPSA) is 131 Å². The van der Waals surface area contributed by atoms with Crippen LogP contribution >= 0.6 is 0 Å². The van der Waals surface area contributed by atoms with Crippen molar-refractivity contribution in [2.24, 2.45) is 0 Å². The second-order valence-corrected chi connectivity index (χ2v) is 6.43. The van der Waals surface area contributed by atoms with E-state index >= 15 is 0 Å². The van der Waals surface area contributed by atoms with E-state index in [1.165, 1.54) is 18.6 Å². The molecule has 2 aromatic rings. The zero-order valence-corrected chi connectivity index (χ0v) is 13.6. The van der Waals surface area contributed by atoms with Gasteiger partial charge in [-0.3, -0.25) is 9.59 Å². The van der Waals surface area contributed by atoms with Crippen molar-refractivity contribution in [2.45, 2.75) is 43.6 Å². The molecule has 0 aromatic carbocycles. The van der Waals surface area contributed by atoms with Crippen molar-refractivity contribution < 1.29 is 19.8 Å². The number of nitrogens with zero attached hydrogens (tertiary/aromatic N) is 3. The van der Waals surface area contributed by atoms with Crippen LogP contribution in [0.3, 0.4) is 0 Å². The van der Waals surface area contributed by atoms with Crippen molar-refractivity contribution in [3.63, 3.8) is 0 Å². The summed E-state index contributed by atoms with van der Waals surface area (Å²) in [6.45, 7) is 0. The molecule has 2 aromatic heterocycles. The Hall–Kier alpha value is -2.90. The molecule has 0 aliphatic heterocycles. The van der Waals surface area contributed by atoms with Crippen LogP contribution in [0.4, 0.5) is 5.82 Å². The van der Waals surface area contributed by atoms with E-state index in [-0.39, 0.29) is 24.0 Å². The van der Waals surface area contributed by atoms with Gasteiger partial charge in [0, 0.05) is 24.9 Å². The normalized spacial score (nSPS) is 15.4. The van der Waals surface area contributed by atoms with Crippen molar-refractivity contribution in [1.29, 1.82) is 0 Å². The Morgan fingerprint density at radius 3 is 2.44 bits per heavy atom. The third-order valence-electron chi connectivity index (χ3n) is 4.83. The van der Waals surface area contributed by atoms with E-state index in [1.54, 1.807) is 12.3 Å². The first-order valence-corrected chi connectivity index (χ1v) is 8.14. The van der Waals surface area contributed by atoms with Crippen LogP contribution in [0.25, 0.3) is 0 Å². The van der Waals surface area contributed by atoms with Crippen LogP contribution in [-0.4, -0.2) is 36.7 Å². The van der Waals surface area contributed by atoms with Crippen LogP contribution in [0, 0.1) is 0 Å². The first kappa shape index (κ1) is 16.9. The number of nitrogen functional groups attached to an aromatic ring is 1. The Morgan fingerprint density at radius 1 is 1.20 bits per heavy atom. The molecule has 0 saturated heterocycles. The van der Waals surface area contributed by atoms with Crippen LogP contribution in [0.1, 0.15) is 43.0 Å². The van der Waals surface area contributed by atoms with E-state index in [2.05, 4.69) is 9.97 Å². The molecule has 0 bridgehead atoms. The minimum Gasteiger partial charge on any atom is -0.480 e. The van der Waals surface area contributed by atoms with E-state index in [4.69, 9.17) is 5.73 Å². The predicted octanol–water partition coefficient (Wildman–Crippen LogP) is 1.63. The van der Waals surface area contributed by atoms with Crippen LogP contribution in [0.5, 0.6) is 0 Å². The largest absolute Gasteiger partial charge is 0.480 e. The molecule has 132 valence electrons. The number of carboxylic acids is 2. The molecule has 3 rings (SSSR count). The van der Waals surface area contributed by atoms with Crippen LogP contribution < -0.4 is 5.73 Å². The first-order chi connectivity index (χ1) is 11.9. The molecular formula is C17H20N4O4. The van der Waals surface area contributed by atoms with E-state index in [9.17, 15) is 19.8 Å². The van der Waals surface area contributed by atoms with Gasteiger partial charge in [-0.2, -0.15) is 0 Å². The molecule has 0 amide bonds. The van der Waals surface area contributed by atoms with Gasteiger partial charge in [-0.05, 0) is 24.5 Å². The molecular weight excluding hydrogens is 324 g/mol. The molecule has 25 heavy (non-hydrogen) atoms. The lowest BCUT2D eigenvalue weighted by molar-refractivity contribution is -0.157. The van der Waals surface area contributed by atoms with Crippen molar-refractivity contribution in [1.82, 2.24) is 14.5 Å². The van der Waals surface area contributed by atoms with Gasteiger partial charge in [0.2, 0.25) is 5.41 Å². The number of carbonyl (C=O) groups is 2. The lowest BCUT2D eigenvalue weighted by Crippen LogP contribution is -2.46. The van der Waals surface area contributed by atoms with Gasteiger partial charge in [-0.15, -0.1) is 0 Å². The number of anilines is 1. The van der Waals surface area contributed by atoms with E-state index in [0.29, 0.717) is 5.56 Å². The lowest BCUT2D eigenvalue weighted by atomic mass is 9.79. The molecule has 0 spiro atoms. The molecule has 4 N–H and O–H groups in total. The summed E-state index contributed by atoms with van der Waals surface area (Å²) in [6, 6.07) is 3.34. The second kappa shape index (κ2) is 6.54. The Morgan fingerprint density at radius 2 is 1.88 bits per heavy atom. The van der Waals surface area contributed by atoms with Crippen LogP contribution in [-0.2, 0) is 21.4 Å². The monoisotopic (exact) mass is 344 g/mol. The number of hydrogen-bond acceptors (Lipinski definition) is 5. The summed E-state index contributed by atoms with van der Waals surface area (Å²) in [7, 11) is 0. The lowest BCUT2D eigenvalue weighted by Gasteiger charge is -2.23. The summed E-state index contributed by atoms with van der Waals surface area (Å²) in [5.41, 5.74) is 3.86. The highest BCUT2D eigenvalue weighted by Crippen LogP contribution is 2.33. The number of aromatic nitrogens is 3. The highest BCUT2D eigenvalue weighted by molar-refractivity contribution is 6.04.